The molecule has 2 saturated heterocycles. The molecule has 7 heteroatoms. The van der Waals surface area contributed by atoms with Crippen LogP contribution in [0.1, 0.15) is 5.56 Å². The molecule has 1 aromatic heterocycles. The number of hydrogen-bond donors (Lipinski definition) is 1. The number of hydrogen-bond acceptors (Lipinski definition) is 7. The lowest BCUT2D eigenvalue weighted by Gasteiger charge is -2.23. The predicted octanol–water partition coefficient (Wildman–Crippen LogP) is 2.94. The Morgan fingerprint density at radius 3 is 2.52 bits per heavy atom. The van der Waals surface area contributed by atoms with Gasteiger partial charge in [0.05, 0.1) is 10.2 Å². The number of carbonyl (C=O) groups excluding carboxylic acids is 1. The lowest BCUT2D eigenvalue weighted by molar-refractivity contribution is -0.112. The highest BCUT2D eigenvalue weighted by Gasteiger charge is 2.41. The monoisotopic (exact) mass is 408 g/mol. The maximum atomic E-state index is 10.9. The van der Waals surface area contributed by atoms with Gasteiger partial charge in [0.2, 0.25) is 0 Å². The predicted molar refractivity (Wildman–Crippen MR) is 114 cm³/mol. The van der Waals surface area contributed by atoms with E-state index in [9.17, 15) is 4.79 Å². The van der Waals surface area contributed by atoms with Crippen molar-refractivity contribution in [1.82, 2.24) is 14.8 Å². The molecule has 3 heterocycles. The molecule has 150 valence electrons. The molecule has 2 aliphatic heterocycles. The number of likely N-dealkylation sites (tertiary alicyclic amines) is 2. The van der Waals surface area contributed by atoms with Crippen LogP contribution in [0.25, 0.3) is 10.2 Å². The van der Waals surface area contributed by atoms with Crippen molar-refractivity contribution in [3.8, 4) is 10.9 Å². The highest BCUT2D eigenvalue weighted by Crippen LogP contribution is 2.33. The van der Waals surface area contributed by atoms with Crippen LogP contribution < -0.4 is 10.5 Å². The molecule has 0 bridgehead atoms. The summed E-state index contributed by atoms with van der Waals surface area (Å²) in [6.45, 7) is 4.92. The second kappa shape index (κ2) is 7.84. The van der Waals surface area contributed by atoms with Crippen molar-refractivity contribution >= 4 is 27.8 Å². The van der Waals surface area contributed by atoms with E-state index >= 15 is 0 Å². The minimum atomic E-state index is -0.447. The number of nitrogens with two attached hydrogens (primary N) is 1. The molecule has 5 rings (SSSR count). The number of para-hydroxylation sites is 1. The summed E-state index contributed by atoms with van der Waals surface area (Å²) in [6, 6.07) is 16.4. The summed E-state index contributed by atoms with van der Waals surface area (Å²) >= 11 is 1.56. The normalized spacial score (nSPS) is 23.3. The second-order valence-corrected chi connectivity index (χ2v) is 8.98. The minimum absolute atomic E-state index is 0.447. The van der Waals surface area contributed by atoms with Gasteiger partial charge in [-0.3, -0.25) is 9.80 Å². The average molecular weight is 409 g/mol. The highest BCUT2D eigenvalue weighted by atomic mass is 32.1. The van der Waals surface area contributed by atoms with Gasteiger partial charge in [0.15, 0.2) is 6.29 Å². The average Bonchev–Trinajstić information content (AvgIpc) is 3.41. The molecule has 29 heavy (non-hydrogen) atoms. The molecule has 0 spiro atoms. The number of aldehydes is 1. The Morgan fingerprint density at radius 2 is 1.83 bits per heavy atom. The van der Waals surface area contributed by atoms with Gasteiger partial charge >= 0.3 is 0 Å². The van der Waals surface area contributed by atoms with Gasteiger partial charge in [-0.2, -0.15) is 0 Å². The third-order valence-electron chi connectivity index (χ3n) is 5.96. The van der Waals surface area contributed by atoms with Crippen molar-refractivity contribution in [3.63, 3.8) is 0 Å². The van der Waals surface area contributed by atoms with E-state index in [0.29, 0.717) is 17.0 Å². The summed E-state index contributed by atoms with van der Waals surface area (Å²) in [5.41, 5.74) is 8.11. The summed E-state index contributed by atoms with van der Waals surface area (Å²) in [4.78, 5) is 20.0. The summed E-state index contributed by atoms with van der Waals surface area (Å²) < 4.78 is 7.07. The van der Waals surface area contributed by atoms with Gasteiger partial charge in [-0.25, -0.2) is 4.98 Å². The zero-order chi connectivity index (χ0) is 19.8. The summed E-state index contributed by atoms with van der Waals surface area (Å²) in [6.07, 6.45) is 0.397. The Hall–Kier alpha value is -2.32. The second-order valence-electron chi connectivity index (χ2n) is 7.99. The Bertz CT molecular complexity index is 958. The Kier molecular flexibility index (Phi) is 5.05. The van der Waals surface area contributed by atoms with Crippen LogP contribution in [0.4, 0.5) is 0 Å². The van der Waals surface area contributed by atoms with E-state index < -0.39 is 6.17 Å². The van der Waals surface area contributed by atoms with E-state index in [1.54, 1.807) is 11.3 Å². The van der Waals surface area contributed by atoms with Crippen LogP contribution in [0, 0.1) is 11.8 Å². The van der Waals surface area contributed by atoms with E-state index in [1.165, 1.54) is 5.56 Å². The molecule has 0 aliphatic carbocycles. The summed E-state index contributed by atoms with van der Waals surface area (Å²) in [5, 5.41) is 0.671. The highest BCUT2D eigenvalue weighted by molar-refractivity contribution is 7.20. The molecule has 2 fully saturated rings. The zero-order valence-electron chi connectivity index (χ0n) is 16.1. The molecule has 0 radical (unpaired) electrons. The van der Waals surface area contributed by atoms with Crippen LogP contribution >= 0.6 is 11.3 Å². The molecule has 0 saturated carbocycles. The van der Waals surface area contributed by atoms with Crippen LogP contribution in [0.2, 0.25) is 0 Å². The van der Waals surface area contributed by atoms with E-state index in [1.807, 2.05) is 30.3 Å². The van der Waals surface area contributed by atoms with Gasteiger partial charge in [-0.1, -0.05) is 35.6 Å². The maximum Gasteiger partial charge on any atom is 0.279 e. The SMILES string of the molecule is NC(C=O)N1CC2CN(Cc3ccc(Oc4nc5ccccc5s4)cc3)CC2C1. The Morgan fingerprint density at radius 1 is 1.10 bits per heavy atom. The fraction of sp³-hybridized carbons (Fsp3) is 0.364. The van der Waals surface area contributed by atoms with E-state index in [0.717, 1.165) is 55.0 Å². The molecular weight excluding hydrogens is 384 g/mol. The standard InChI is InChI=1S/C22H24N4O2S/c23-21(14-27)26-12-16-10-25(11-17(16)13-26)9-15-5-7-18(8-6-15)28-22-24-19-3-1-2-4-20(19)29-22/h1-8,14,16-17,21H,9-13,23H2. The number of benzene rings is 2. The molecular formula is C22H24N4O2S. The van der Waals surface area contributed by atoms with Crippen molar-refractivity contribution in [2.75, 3.05) is 26.2 Å². The first-order valence-electron chi connectivity index (χ1n) is 9.97. The maximum absolute atomic E-state index is 10.9. The molecule has 3 aromatic rings. The third-order valence-corrected chi connectivity index (χ3v) is 6.87. The summed E-state index contributed by atoms with van der Waals surface area (Å²) in [5.74, 6) is 2.04. The van der Waals surface area contributed by atoms with E-state index in [4.69, 9.17) is 10.5 Å². The Balaban J connectivity index is 1.17. The van der Waals surface area contributed by atoms with Gasteiger partial charge in [-0.15, -0.1) is 0 Å². The molecule has 6 nitrogen and oxygen atoms in total. The van der Waals surface area contributed by atoms with Gasteiger partial charge in [-0.05, 0) is 41.7 Å². The zero-order valence-corrected chi connectivity index (χ0v) is 16.9. The lowest BCUT2D eigenvalue weighted by Crippen LogP contribution is -2.43. The number of nitrogens with zero attached hydrogens (tertiary/aromatic N) is 3. The van der Waals surface area contributed by atoms with Crippen molar-refractivity contribution in [3.05, 3.63) is 54.1 Å². The van der Waals surface area contributed by atoms with E-state index in [-0.39, 0.29) is 0 Å². The molecule has 2 N–H and O–H groups in total. The quantitative estimate of drug-likeness (QED) is 0.633. The van der Waals surface area contributed by atoms with Gasteiger partial charge in [0, 0.05) is 32.7 Å². The van der Waals surface area contributed by atoms with Gasteiger partial charge in [0.1, 0.15) is 11.9 Å². The molecule has 3 unspecified atom stereocenters. The topological polar surface area (TPSA) is 71.7 Å². The van der Waals surface area contributed by atoms with Crippen molar-refractivity contribution in [1.29, 1.82) is 0 Å². The fourth-order valence-corrected chi connectivity index (χ4v) is 5.34. The number of fused-ring (bicyclic) bond motifs is 2. The van der Waals surface area contributed by atoms with Crippen LogP contribution in [0.3, 0.4) is 0 Å². The minimum Gasteiger partial charge on any atom is -0.431 e. The molecule has 3 atom stereocenters. The summed E-state index contributed by atoms with van der Waals surface area (Å²) in [7, 11) is 0. The number of ether oxygens (including phenoxy) is 1. The smallest absolute Gasteiger partial charge is 0.279 e. The number of carbonyl (C=O) groups is 1. The van der Waals surface area contributed by atoms with Crippen molar-refractivity contribution in [2.45, 2.75) is 12.7 Å². The van der Waals surface area contributed by atoms with Crippen molar-refractivity contribution < 1.29 is 9.53 Å². The van der Waals surface area contributed by atoms with Crippen LogP contribution in [0.15, 0.2) is 48.5 Å². The molecule has 2 aliphatic rings. The Labute approximate surface area is 173 Å². The molecule has 2 aromatic carbocycles. The molecule has 0 amide bonds. The van der Waals surface area contributed by atoms with E-state index in [2.05, 4.69) is 33.0 Å². The number of aromatic nitrogens is 1. The lowest BCUT2D eigenvalue weighted by atomic mass is 10.0. The van der Waals surface area contributed by atoms with Crippen LogP contribution in [-0.2, 0) is 11.3 Å². The third kappa shape index (κ3) is 3.91. The van der Waals surface area contributed by atoms with Gasteiger partial charge in [0.25, 0.3) is 5.19 Å². The number of thiazole rings is 1. The van der Waals surface area contributed by atoms with Crippen molar-refractivity contribution in [2.24, 2.45) is 17.6 Å². The fourth-order valence-electron chi connectivity index (χ4n) is 4.50. The largest absolute Gasteiger partial charge is 0.431 e. The van der Waals surface area contributed by atoms with Gasteiger partial charge < -0.3 is 15.3 Å². The van der Waals surface area contributed by atoms with Crippen LogP contribution in [0.5, 0.6) is 10.9 Å². The first-order chi connectivity index (χ1) is 14.2. The van der Waals surface area contributed by atoms with Crippen LogP contribution in [-0.4, -0.2) is 53.4 Å². The first-order valence-corrected chi connectivity index (χ1v) is 10.8. The first kappa shape index (κ1) is 18.7. The number of rotatable bonds is 6.